The molecule has 0 aliphatic rings. The lowest BCUT2D eigenvalue weighted by Gasteiger charge is -2.26. The molecule has 0 bridgehead atoms. The van der Waals surface area contributed by atoms with Crippen LogP contribution in [0, 0.1) is 0 Å². The molecule has 0 atom stereocenters. The molecule has 1 N–H and O–H groups in total. The lowest BCUT2D eigenvalue weighted by atomic mass is 9.78. The van der Waals surface area contributed by atoms with Gasteiger partial charge in [-0.3, -0.25) is 0 Å². The fourth-order valence-electron chi connectivity index (χ4n) is 2.07. The first kappa shape index (κ1) is 14.5. The van der Waals surface area contributed by atoms with E-state index in [1.807, 2.05) is 24.3 Å². The fraction of sp³-hybridized carbons (Fsp3) is 0.250. The molecule has 4 heteroatoms. The van der Waals surface area contributed by atoms with Crippen LogP contribution in [0.1, 0.15) is 25.0 Å². The zero-order valence-electron chi connectivity index (χ0n) is 11.9. The minimum atomic E-state index is -0.126. The summed E-state index contributed by atoms with van der Waals surface area (Å²) in [4.78, 5) is 0. The number of rotatable bonds is 4. The molecule has 0 aliphatic heterocycles. The third kappa shape index (κ3) is 3.17. The standard InChI is InChI=1S/C16H18NO2P/c1-16(2,12-4-8-14(18)9-5-12)13-6-10-15(11-7-13)19-20-17-3/h4-11,18H,1-3H3. The van der Waals surface area contributed by atoms with Gasteiger partial charge in [-0.1, -0.05) is 38.1 Å². The summed E-state index contributed by atoms with van der Waals surface area (Å²) in [7, 11) is 2.32. The number of nitrogens with zero attached hydrogens (tertiary/aromatic N) is 1. The fourth-order valence-corrected chi connectivity index (χ4v) is 2.36. The summed E-state index contributed by atoms with van der Waals surface area (Å²) < 4.78 is 9.30. The summed E-state index contributed by atoms with van der Waals surface area (Å²) in [6.07, 6.45) is 0. The molecule has 0 aromatic heterocycles. The molecule has 0 saturated carbocycles. The first-order valence-electron chi connectivity index (χ1n) is 6.40. The van der Waals surface area contributed by atoms with Crippen molar-refractivity contribution in [3.8, 4) is 11.5 Å². The maximum Gasteiger partial charge on any atom is 0.241 e. The lowest BCUT2D eigenvalue weighted by Crippen LogP contribution is -2.18. The third-order valence-electron chi connectivity index (χ3n) is 3.39. The minimum absolute atomic E-state index is 0.126. The van der Waals surface area contributed by atoms with Crippen LogP contribution in [0.15, 0.2) is 53.3 Å². The van der Waals surface area contributed by atoms with Gasteiger partial charge in [0.1, 0.15) is 11.5 Å². The lowest BCUT2D eigenvalue weighted by molar-refractivity contribution is 0.474. The van der Waals surface area contributed by atoms with Gasteiger partial charge in [-0.15, -0.1) is 0 Å². The number of phenols is 1. The van der Waals surface area contributed by atoms with Gasteiger partial charge < -0.3 is 9.63 Å². The van der Waals surface area contributed by atoms with E-state index in [2.05, 4.69) is 30.7 Å². The summed E-state index contributed by atoms with van der Waals surface area (Å²) in [5.41, 5.74) is 2.23. The normalized spacial score (nSPS) is 11.8. The highest BCUT2D eigenvalue weighted by molar-refractivity contribution is 7.21. The van der Waals surface area contributed by atoms with Crippen LogP contribution in [0.3, 0.4) is 0 Å². The number of hydrogen-bond donors (Lipinski definition) is 1. The van der Waals surface area contributed by atoms with Gasteiger partial charge in [0, 0.05) is 12.5 Å². The summed E-state index contributed by atoms with van der Waals surface area (Å²) in [5.74, 6) is 1.10. The van der Waals surface area contributed by atoms with Crippen molar-refractivity contribution < 1.29 is 9.63 Å². The predicted octanol–water partition coefficient (Wildman–Crippen LogP) is 4.77. The van der Waals surface area contributed by atoms with E-state index in [4.69, 9.17) is 4.52 Å². The first-order chi connectivity index (χ1) is 9.54. The molecular weight excluding hydrogens is 269 g/mol. The Kier molecular flexibility index (Phi) is 4.41. The zero-order chi connectivity index (χ0) is 14.6. The van der Waals surface area contributed by atoms with E-state index >= 15 is 0 Å². The molecule has 0 aliphatic carbocycles. The highest BCUT2D eigenvalue weighted by Crippen LogP contribution is 2.33. The van der Waals surface area contributed by atoms with Crippen LogP contribution in [-0.2, 0) is 5.41 Å². The Morgan fingerprint density at radius 1 is 0.950 bits per heavy atom. The second-order valence-electron chi connectivity index (χ2n) is 5.07. The third-order valence-corrected chi connectivity index (χ3v) is 3.85. The van der Waals surface area contributed by atoms with Gasteiger partial charge in [-0.05, 0) is 35.4 Å². The summed E-state index contributed by atoms with van der Waals surface area (Å²) in [6, 6.07) is 15.4. The molecule has 20 heavy (non-hydrogen) atoms. The van der Waals surface area contributed by atoms with E-state index in [1.165, 1.54) is 5.56 Å². The smallest absolute Gasteiger partial charge is 0.241 e. The van der Waals surface area contributed by atoms with E-state index in [1.54, 1.807) is 19.2 Å². The summed E-state index contributed by atoms with van der Waals surface area (Å²) in [5, 5.41) is 9.39. The van der Waals surface area contributed by atoms with Gasteiger partial charge in [-0.2, -0.15) is 0 Å². The second kappa shape index (κ2) is 6.06. The van der Waals surface area contributed by atoms with Gasteiger partial charge in [-0.25, -0.2) is 4.74 Å². The Hall–Kier alpha value is -1.86. The van der Waals surface area contributed by atoms with Crippen molar-refractivity contribution in [1.82, 2.24) is 0 Å². The summed E-state index contributed by atoms with van der Waals surface area (Å²) in [6.45, 7) is 4.32. The van der Waals surface area contributed by atoms with Crippen LogP contribution in [0.4, 0.5) is 0 Å². The molecule has 0 radical (unpaired) electrons. The quantitative estimate of drug-likeness (QED) is 0.823. The topological polar surface area (TPSA) is 41.8 Å². The van der Waals surface area contributed by atoms with Crippen LogP contribution in [0.2, 0.25) is 0 Å². The van der Waals surface area contributed by atoms with Gasteiger partial charge in [0.2, 0.25) is 8.60 Å². The Morgan fingerprint density at radius 2 is 1.45 bits per heavy atom. The highest BCUT2D eigenvalue weighted by atomic mass is 31.1. The van der Waals surface area contributed by atoms with Crippen LogP contribution in [0.5, 0.6) is 11.5 Å². The average Bonchev–Trinajstić information content (AvgIpc) is 2.46. The molecular formula is C16H18NO2P. The van der Waals surface area contributed by atoms with Crippen LogP contribution < -0.4 is 4.52 Å². The predicted molar refractivity (Wildman–Crippen MR) is 82.6 cm³/mol. The van der Waals surface area contributed by atoms with E-state index in [0.717, 1.165) is 11.3 Å². The van der Waals surface area contributed by atoms with Crippen molar-refractivity contribution in [3.63, 3.8) is 0 Å². The molecule has 2 aromatic rings. The second-order valence-corrected chi connectivity index (χ2v) is 5.82. The number of phenolic OH excluding ortho intramolecular Hbond substituents is 1. The minimum Gasteiger partial charge on any atom is -0.508 e. The molecule has 0 amide bonds. The van der Waals surface area contributed by atoms with Gasteiger partial charge in [0.25, 0.3) is 0 Å². The van der Waals surface area contributed by atoms with E-state index in [9.17, 15) is 5.11 Å². The van der Waals surface area contributed by atoms with E-state index in [0.29, 0.717) is 8.60 Å². The van der Waals surface area contributed by atoms with Gasteiger partial charge in [0.15, 0.2) is 0 Å². The maximum absolute atomic E-state index is 9.39. The first-order valence-corrected chi connectivity index (χ1v) is 7.17. The van der Waals surface area contributed by atoms with Crippen molar-refractivity contribution in [2.45, 2.75) is 19.3 Å². The molecule has 3 nitrogen and oxygen atoms in total. The van der Waals surface area contributed by atoms with Crippen molar-refractivity contribution >= 4 is 8.60 Å². The maximum atomic E-state index is 9.39. The molecule has 2 aromatic carbocycles. The van der Waals surface area contributed by atoms with Crippen LogP contribution in [0.25, 0.3) is 0 Å². The molecule has 2 rings (SSSR count). The monoisotopic (exact) mass is 287 g/mol. The summed E-state index contributed by atoms with van der Waals surface area (Å²) >= 11 is 0. The number of benzene rings is 2. The van der Waals surface area contributed by atoms with Gasteiger partial charge >= 0.3 is 0 Å². The Morgan fingerprint density at radius 3 is 1.95 bits per heavy atom. The van der Waals surface area contributed by atoms with Crippen molar-refractivity contribution in [1.29, 1.82) is 0 Å². The largest absolute Gasteiger partial charge is 0.508 e. The molecule has 0 heterocycles. The van der Waals surface area contributed by atoms with Crippen LogP contribution >= 0.6 is 8.60 Å². The SMILES string of the molecule is CN=POc1ccc(C(C)(C)c2ccc(O)cc2)cc1. The molecule has 0 spiro atoms. The van der Waals surface area contributed by atoms with Gasteiger partial charge in [0.05, 0.1) is 0 Å². The molecule has 104 valence electrons. The number of hydrogen-bond acceptors (Lipinski definition) is 3. The Balaban J connectivity index is 2.27. The zero-order valence-corrected chi connectivity index (χ0v) is 12.8. The van der Waals surface area contributed by atoms with Crippen molar-refractivity contribution in [2.75, 3.05) is 7.05 Å². The number of aromatic hydroxyl groups is 1. The van der Waals surface area contributed by atoms with Crippen molar-refractivity contribution in [3.05, 3.63) is 59.7 Å². The molecule has 0 fully saturated rings. The highest BCUT2D eigenvalue weighted by Gasteiger charge is 2.22. The Bertz CT molecular complexity index is 589. The Labute approximate surface area is 121 Å². The van der Waals surface area contributed by atoms with E-state index < -0.39 is 0 Å². The molecule has 0 saturated heterocycles. The molecule has 0 unspecified atom stereocenters. The van der Waals surface area contributed by atoms with E-state index in [-0.39, 0.29) is 11.2 Å². The van der Waals surface area contributed by atoms with Crippen LogP contribution in [-0.4, -0.2) is 12.2 Å². The van der Waals surface area contributed by atoms with Crippen molar-refractivity contribution in [2.24, 2.45) is 4.74 Å². The average molecular weight is 287 g/mol.